The van der Waals surface area contributed by atoms with Gasteiger partial charge in [-0.05, 0) is 62.6 Å². The van der Waals surface area contributed by atoms with E-state index in [0.717, 1.165) is 68.9 Å². The quantitative estimate of drug-likeness (QED) is 0.835. The van der Waals surface area contributed by atoms with Gasteiger partial charge in [-0.1, -0.05) is 13.3 Å². The molecule has 146 valence electrons. The molecule has 7 heteroatoms. The molecule has 4 rings (SSSR count). The summed E-state index contributed by atoms with van der Waals surface area (Å²) in [4.78, 5) is 13.2. The zero-order chi connectivity index (χ0) is 19.0. The second-order valence-corrected chi connectivity index (χ2v) is 8.12. The molecule has 27 heavy (non-hydrogen) atoms. The lowest BCUT2D eigenvalue weighted by Gasteiger charge is -2.47. The van der Waals surface area contributed by atoms with E-state index in [1.165, 1.54) is 12.5 Å². The molecule has 6 nitrogen and oxygen atoms in total. The zero-order valence-corrected chi connectivity index (χ0v) is 16.0. The van der Waals surface area contributed by atoms with Gasteiger partial charge >= 0.3 is 0 Å². The lowest BCUT2D eigenvalue weighted by molar-refractivity contribution is 0.305. The summed E-state index contributed by atoms with van der Waals surface area (Å²) >= 11 is 0. The van der Waals surface area contributed by atoms with Crippen molar-refractivity contribution in [1.82, 2.24) is 0 Å². The van der Waals surface area contributed by atoms with E-state index >= 15 is 0 Å². The van der Waals surface area contributed by atoms with Gasteiger partial charge in [0.1, 0.15) is 11.5 Å². The van der Waals surface area contributed by atoms with Crippen LogP contribution in [0.4, 0.5) is 15.8 Å². The summed E-state index contributed by atoms with van der Waals surface area (Å²) in [7, 11) is 0. The minimum atomic E-state index is -0.556. The highest BCUT2D eigenvalue weighted by Crippen LogP contribution is 2.43. The average molecular weight is 372 g/mol. The third-order valence-corrected chi connectivity index (χ3v) is 6.15. The van der Waals surface area contributed by atoms with Gasteiger partial charge < -0.3 is 16.4 Å². The number of nitrogens with zero attached hydrogens (tertiary/aromatic N) is 4. The van der Waals surface area contributed by atoms with Crippen LogP contribution in [0.3, 0.4) is 0 Å². The summed E-state index contributed by atoms with van der Waals surface area (Å²) < 4.78 is 14.3. The highest BCUT2D eigenvalue weighted by Gasteiger charge is 2.43. The lowest BCUT2D eigenvalue weighted by atomic mass is 9.87. The van der Waals surface area contributed by atoms with Crippen LogP contribution in [0.15, 0.2) is 28.2 Å². The van der Waals surface area contributed by atoms with E-state index < -0.39 is 5.66 Å². The Balaban J connectivity index is 1.79. The van der Waals surface area contributed by atoms with Crippen LogP contribution in [-0.4, -0.2) is 30.7 Å². The van der Waals surface area contributed by atoms with Crippen molar-refractivity contribution in [3.8, 4) is 0 Å². The van der Waals surface area contributed by atoms with Gasteiger partial charge in [0, 0.05) is 13.1 Å². The maximum absolute atomic E-state index is 14.3. The number of rotatable bonds is 2. The standard InChI is InChI=1S/C20H29FN6/c1-14-7-11-26(12-8-14)16-6-5-15(21)13-17(16)27-19(23)24-18(22)25-20(27)9-3-2-4-10-20/h5-6,13-14H,2-4,7-12H2,1H3,(H4,22,23,24,25). The molecule has 2 aliphatic heterocycles. The molecule has 0 atom stereocenters. The summed E-state index contributed by atoms with van der Waals surface area (Å²) in [5, 5.41) is 0. The zero-order valence-electron chi connectivity index (χ0n) is 16.0. The van der Waals surface area contributed by atoms with Crippen molar-refractivity contribution in [3.05, 3.63) is 24.0 Å². The predicted octanol–water partition coefficient (Wildman–Crippen LogP) is 3.17. The van der Waals surface area contributed by atoms with Crippen LogP contribution in [0, 0.1) is 11.7 Å². The highest BCUT2D eigenvalue weighted by molar-refractivity contribution is 6.07. The maximum Gasteiger partial charge on any atom is 0.220 e. The number of anilines is 2. The van der Waals surface area contributed by atoms with Gasteiger partial charge in [-0.25, -0.2) is 9.38 Å². The number of guanidine groups is 2. The van der Waals surface area contributed by atoms with Crippen molar-refractivity contribution in [2.75, 3.05) is 22.9 Å². The second-order valence-electron chi connectivity index (χ2n) is 8.12. The fraction of sp³-hybridized carbons (Fsp3) is 0.600. The van der Waals surface area contributed by atoms with Gasteiger partial charge in [0.15, 0.2) is 0 Å². The number of benzene rings is 1. The molecule has 0 amide bonds. The van der Waals surface area contributed by atoms with E-state index in [0.29, 0.717) is 5.96 Å². The van der Waals surface area contributed by atoms with E-state index in [1.807, 2.05) is 11.0 Å². The van der Waals surface area contributed by atoms with E-state index in [1.54, 1.807) is 6.07 Å². The largest absolute Gasteiger partial charge is 0.370 e. The number of hydrogen-bond donors (Lipinski definition) is 2. The summed E-state index contributed by atoms with van der Waals surface area (Å²) in [6, 6.07) is 4.97. The van der Waals surface area contributed by atoms with Gasteiger partial charge in [0.25, 0.3) is 0 Å². The molecule has 4 N–H and O–H groups in total. The normalized spacial score (nSPS) is 23.3. The van der Waals surface area contributed by atoms with Crippen LogP contribution in [0.25, 0.3) is 0 Å². The number of halogens is 1. The number of nitrogens with two attached hydrogens (primary N) is 2. The first-order valence-corrected chi connectivity index (χ1v) is 10.0. The van der Waals surface area contributed by atoms with Gasteiger partial charge in [-0.15, -0.1) is 0 Å². The fourth-order valence-electron chi connectivity index (χ4n) is 4.66. The Morgan fingerprint density at radius 1 is 1.07 bits per heavy atom. The molecule has 1 aromatic rings. The molecular weight excluding hydrogens is 343 g/mol. The van der Waals surface area contributed by atoms with E-state index in [9.17, 15) is 4.39 Å². The first kappa shape index (κ1) is 18.1. The Hall–Kier alpha value is -2.31. The summed E-state index contributed by atoms with van der Waals surface area (Å²) in [5.41, 5.74) is 13.5. The molecule has 0 radical (unpaired) electrons. The minimum Gasteiger partial charge on any atom is -0.370 e. The summed E-state index contributed by atoms with van der Waals surface area (Å²) in [6.45, 7) is 4.21. The summed E-state index contributed by atoms with van der Waals surface area (Å²) in [5.74, 6) is 0.971. The Morgan fingerprint density at radius 2 is 1.78 bits per heavy atom. The highest BCUT2D eigenvalue weighted by atomic mass is 19.1. The molecule has 1 aliphatic carbocycles. The van der Waals surface area contributed by atoms with Crippen LogP contribution < -0.4 is 21.3 Å². The Labute approximate surface area is 160 Å². The van der Waals surface area contributed by atoms with Crippen molar-refractivity contribution >= 4 is 23.3 Å². The molecule has 1 saturated heterocycles. The van der Waals surface area contributed by atoms with Crippen LogP contribution in [0.5, 0.6) is 0 Å². The van der Waals surface area contributed by atoms with Crippen molar-refractivity contribution in [3.63, 3.8) is 0 Å². The van der Waals surface area contributed by atoms with E-state index in [-0.39, 0.29) is 11.8 Å². The molecule has 3 aliphatic rings. The molecule has 1 saturated carbocycles. The molecular formula is C20H29FN6. The van der Waals surface area contributed by atoms with Crippen LogP contribution in [0.1, 0.15) is 51.9 Å². The van der Waals surface area contributed by atoms with Crippen LogP contribution in [0.2, 0.25) is 0 Å². The summed E-state index contributed by atoms with van der Waals surface area (Å²) in [6.07, 6.45) is 7.22. The van der Waals surface area contributed by atoms with Crippen molar-refractivity contribution < 1.29 is 4.39 Å². The molecule has 1 aromatic carbocycles. The van der Waals surface area contributed by atoms with Crippen molar-refractivity contribution in [2.45, 2.75) is 57.5 Å². The Morgan fingerprint density at radius 3 is 2.48 bits per heavy atom. The fourth-order valence-corrected chi connectivity index (χ4v) is 4.66. The van der Waals surface area contributed by atoms with Gasteiger partial charge in [0.2, 0.25) is 11.9 Å². The topological polar surface area (TPSA) is 83.2 Å². The monoisotopic (exact) mass is 372 g/mol. The van der Waals surface area contributed by atoms with E-state index in [4.69, 9.17) is 16.5 Å². The third kappa shape index (κ3) is 3.35. The average Bonchev–Trinajstić information content (AvgIpc) is 2.63. The van der Waals surface area contributed by atoms with Gasteiger partial charge in [-0.2, -0.15) is 4.99 Å². The number of piperidine rings is 1. The Kier molecular flexibility index (Phi) is 4.70. The number of aliphatic imine (C=N–C) groups is 2. The first-order chi connectivity index (χ1) is 13.0. The minimum absolute atomic E-state index is 0.218. The van der Waals surface area contributed by atoms with Crippen LogP contribution in [-0.2, 0) is 0 Å². The van der Waals surface area contributed by atoms with Crippen LogP contribution >= 0.6 is 0 Å². The van der Waals surface area contributed by atoms with E-state index in [2.05, 4.69) is 16.8 Å². The lowest BCUT2D eigenvalue weighted by Crippen LogP contribution is -2.58. The van der Waals surface area contributed by atoms with Gasteiger partial charge in [0.05, 0.1) is 11.4 Å². The smallest absolute Gasteiger partial charge is 0.220 e. The van der Waals surface area contributed by atoms with Crippen molar-refractivity contribution in [2.24, 2.45) is 27.4 Å². The first-order valence-electron chi connectivity index (χ1n) is 10.0. The molecule has 0 unspecified atom stereocenters. The number of hydrogen-bond acceptors (Lipinski definition) is 6. The van der Waals surface area contributed by atoms with Gasteiger partial charge in [-0.3, -0.25) is 4.90 Å². The second kappa shape index (κ2) is 7.02. The van der Waals surface area contributed by atoms with Crippen molar-refractivity contribution in [1.29, 1.82) is 0 Å². The molecule has 2 heterocycles. The third-order valence-electron chi connectivity index (χ3n) is 6.15. The Bertz CT molecular complexity index is 760. The molecule has 2 fully saturated rings. The molecule has 1 spiro atoms. The molecule has 0 bridgehead atoms. The maximum atomic E-state index is 14.3. The predicted molar refractivity (Wildman–Crippen MR) is 109 cm³/mol. The molecule has 0 aromatic heterocycles. The SMILES string of the molecule is CC1CCN(c2ccc(F)cc2N2C(N)=NC(N)=NC23CCCCC3)CC1.